The number of alkyl halides is 6. The minimum Gasteiger partial charge on any atom is -0.255 e. The van der Waals surface area contributed by atoms with E-state index in [1.165, 1.54) is 6.07 Å². The second-order valence-electron chi connectivity index (χ2n) is 11.3. The molecule has 0 amide bonds. The van der Waals surface area contributed by atoms with Gasteiger partial charge in [-0.15, -0.1) is 11.3 Å². The van der Waals surface area contributed by atoms with Crippen LogP contribution in [-0.2, 0) is 5.04 Å². The molecule has 2 heterocycles. The standard InChI is InChI=1S/C30H27F6NSSi/c1-17(2)23-16-19(15-18-9-6-7-10-20(18)23)25-27-22(13-14-37-25)21-11-8-12-24(26(21)38-27)28(29(31,32)33,30(34,35)36)39(3,4)5/h6-17H,1-5H3. The van der Waals surface area contributed by atoms with Crippen LogP contribution in [0.2, 0.25) is 19.6 Å². The highest BCUT2D eigenvalue weighted by molar-refractivity contribution is 7.26. The molecule has 0 saturated heterocycles. The topological polar surface area (TPSA) is 12.9 Å². The quantitative estimate of drug-likeness (QED) is 0.153. The zero-order valence-corrected chi connectivity index (χ0v) is 23.9. The summed E-state index contributed by atoms with van der Waals surface area (Å²) in [6.07, 6.45) is -9.47. The van der Waals surface area contributed by atoms with Crippen LogP contribution in [0.1, 0.15) is 30.9 Å². The van der Waals surface area contributed by atoms with E-state index in [1.807, 2.05) is 36.4 Å². The smallest absolute Gasteiger partial charge is 0.255 e. The zero-order chi connectivity index (χ0) is 28.5. The monoisotopic (exact) mass is 575 g/mol. The highest BCUT2D eigenvalue weighted by Crippen LogP contribution is 2.59. The first-order chi connectivity index (χ1) is 18.1. The van der Waals surface area contributed by atoms with Gasteiger partial charge in [-0.3, -0.25) is 4.98 Å². The third kappa shape index (κ3) is 4.08. The molecule has 0 unspecified atom stereocenters. The number of nitrogens with zero attached hydrogens (tertiary/aromatic N) is 1. The summed E-state index contributed by atoms with van der Waals surface area (Å²) in [5, 5.41) is -0.884. The van der Waals surface area contributed by atoms with E-state index in [0.717, 1.165) is 58.9 Å². The molecule has 5 rings (SSSR count). The Labute approximate surface area is 227 Å². The second kappa shape index (κ2) is 9.06. The molecule has 9 heteroatoms. The molecule has 1 nitrogen and oxygen atoms in total. The van der Waals surface area contributed by atoms with Crippen LogP contribution in [-0.4, -0.2) is 25.4 Å². The molecule has 0 fully saturated rings. The van der Waals surface area contributed by atoms with Gasteiger partial charge < -0.3 is 0 Å². The first-order valence-electron chi connectivity index (χ1n) is 12.6. The van der Waals surface area contributed by atoms with Crippen LogP contribution in [0.3, 0.4) is 0 Å². The number of pyridine rings is 1. The van der Waals surface area contributed by atoms with Gasteiger partial charge in [0.1, 0.15) is 0 Å². The summed E-state index contributed by atoms with van der Waals surface area (Å²) in [6, 6.07) is 17.5. The Hall–Kier alpha value is -2.91. The summed E-state index contributed by atoms with van der Waals surface area (Å²) < 4.78 is 89.1. The van der Waals surface area contributed by atoms with Gasteiger partial charge in [-0.25, -0.2) is 0 Å². The molecule has 0 saturated carbocycles. The van der Waals surface area contributed by atoms with Crippen molar-refractivity contribution in [2.45, 2.75) is 56.8 Å². The Kier molecular flexibility index (Phi) is 6.42. The predicted molar refractivity (Wildman–Crippen MR) is 151 cm³/mol. The third-order valence-electron chi connectivity index (χ3n) is 7.58. The van der Waals surface area contributed by atoms with E-state index in [4.69, 9.17) is 0 Å². The molecule has 0 spiro atoms. The van der Waals surface area contributed by atoms with E-state index in [9.17, 15) is 26.3 Å². The molecule has 3 aromatic carbocycles. The molecule has 5 aromatic rings. The SMILES string of the molecule is CC(C)c1cc(-c2nccc3c2sc2c(C(C(F)(F)F)(C(F)(F)F)[Si](C)(C)C)cccc23)cc2ccccc12. The molecule has 0 N–H and O–H groups in total. The van der Waals surface area contributed by atoms with E-state index in [2.05, 4.69) is 18.8 Å². The summed E-state index contributed by atoms with van der Waals surface area (Å²) in [4.78, 5) is 4.59. The Bertz CT molecular complexity index is 1670. The maximum absolute atomic E-state index is 14.8. The average Bonchev–Trinajstić information content (AvgIpc) is 3.20. The predicted octanol–water partition coefficient (Wildman–Crippen LogP) is 10.6. The molecular formula is C30H27F6NSSi. The minimum atomic E-state index is -5.52. The van der Waals surface area contributed by atoms with Crippen LogP contribution >= 0.6 is 11.3 Å². The van der Waals surface area contributed by atoms with E-state index in [-0.39, 0.29) is 10.6 Å². The Balaban J connectivity index is 1.89. The largest absolute Gasteiger partial charge is 0.404 e. The zero-order valence-electron chi connectivity index (χ0n) is 22.1. The van der Waals surface area contributed by atoms with Crippen LogP contribution < -0.4 is 0 Å². The van der Waals surface area contributed by atoms with Gasteiger partial charge in [0.2, 0.25) is 0 Å². The van der Waals surface area contributed by atoms with Gasteiger partial charge in [0.25, 0.3) is 0 Å². The number of rotatable bonds is 4. The fourth-order valence-corrected chi connectivity index (χ4v) is 10.1. The summed E-state index contributed by atoms with van der Waals surface area (Å²) in [5.41, 5.74) is 1.70. The third-order valence-corrected chi connectivity index (χ3v) is 11.9. The molecule has 0 radical (unpaired) electrons. The lowest BCUT2D eigenvalue weighted by atomic mass is 9.92. The Morgan fingerprint density at radius 3 is 1.97 bits per heavy atom. The first-order valence-corrected chi connectivity index (χ1v) is 16.9. The molecular weight excluding hydrogens is 548 g/mol. The molecule has 0 aliphatic heterocycles. The van der Waals surface area contributed by atoms with Gasteiger partial charge in [-0.2, -0.15) is 26.3 Å². The molecule has 39 heavy (non-hydrogen) atoms. The number of aromatic nitrogens is 1. The van der Waals surface area contributed by atoms with Crippen molar-refractivity contribution in [1.82, 2.24) is 4.98 Å². The van der Waals surface area contributed by atoms with Crippen LogP contribution in [0.4, 0.5) is 26.3 Å². The first kappa shape index (κ1) is 27.6. The van der Waals surface area contributed by atoms with Crippen LogP contribution in [0, 0.1) is 0 Å². The van der Waals surface area contributed by atoms with E-state index >= 15 is 0 Å². The lowest BCUT2D eigenvalue weighted by Gasteiger charge is -2.46. The molecule has 0 aliphatic carbocycles. The molecule has 0 aliphatic rings. The lowest BCUT2D eigenvalue weighted by molar-refractivity contribution is -0.276. The number of fused-ring (bicyclic) bond motifs is 4. The van der Waals surface area contributed by atoms with Crippen molar-refractivity contribution in [3.05, 3.63) is 78.0 Å². The number of halogens is 6. The van der Waals surface area contributed by atoms with Crippen molar-refractivity contribution in [3.63, 3.8) is 0 Å². The van der Waals surface area contributed by atoms with Crippen molar-refractivity contribution in [2.24, 2.45) is 0 Å². The van der Waals surface area contributed by atoms with Gasteiger partial charge in [0, 0.05) is 27.2 Å². The molecule has 0 bridgehead atoms. The van der Waals surface area contributed by atoms with Gasteiger partial charge in [0.15, 0.2) is 5.04 Å². The fourth-order valence-electron chi connectivity index (χ4n) is 5.90. The lowest BCUT2D eigenvalue weighted by Crippen LogP contribution is -2.67. The van der Waals surface area contributed by atoms with Gasteiger partial charge in [0.05, 0.1) is 18.5 Å². The van der Waals surface area contributed by atoms with Crippen molar-refractivity contribution in [1.29, 1.82) is 0 Å². The summed E-state index contributed by atoms with van der Waals surface area (Å²) >= 11 is 0.964. The molecule has 2 aromatic heterocycles. The fraction of sp³-hybridized carbons (Fsp3) is 0.300. The van der Waals surface area contributed by atoms with E-state index < -0.39 is 31.0 Å². The van der Waals surface area contributed by atoms with Crippen molar-refractivity contribution in [2.75, 3.05) is 0 Å². The van der Waals surface area contributed by atoms with E-state index in [0.29, 0.717) is 21.2 Å². The highest BCUT2D eigenvalue weighted by Gasteiger charge is 2.77. The number of hydrogen-bond acceptors (Lipinski definition) is 2. The van der Waals surface area contributed by atoms with Gasteiger partial charge >= 0.3 is 12.4 Å². The van der Waals surface area contributed by atoms with Crippen molar-refractivity contribution in [3.8, 4) is 11.3 Å². The summed E-state index contributed by atoms with van der Waals surface area (Å²) in [5.74, 6) is 0.194. The van der Waals surface area contributed by atoms with Gasteiger partial charge in [-0.05, 0) is 46.0 Å². The number of thiophene rings is 1. The van der Waals surface area contributed by atoms with Crippen LogP contribution in [0.5, 0.6) is 0 Å². The minimum absolute atomic E-state index is 0.00342. The molecule has 0 atom stereocenters. The maximum Gasteiger partial charge on any atom is 0.404 e. The van der Waals surface area contributed by atoms with Crippen molar-refractivity contribution < 1.29 is 26.3 Å². The maximum atomic E-state index is 14.8. The molecule has 204 valence electrons. The van der Waals surface area contributed by atoms with Crippen molar-refractivity contribution >= 4 is 50.4 Å². The Morgan fingerprint density at radius 1 is 0.744 bits per heavy atom. The van der Waals surface area contributed by atoms with Crippen LogP contribution in [0.15, 0.2) is 66.9 Å². The van der Waals surface area contributed by atoms with E-state index in [1.54, 1.807) is 18.3 Å². The van der Waals surface area contributed by atoms with Crippen LogP contribution in [0.25, 0.3) is 42.2 Å². The number of hydrogen-bond donors (Lipinski definition) is 0. The highest BCUT2D eigenvalue weighted by atomic mass is 32.1. The average molecular weight is 576 g/mol. The van der Waals surface area contributed by atoms with Gasteiger partial charge in [-0.1, -0.05) is 76.0 Å². The normalized spacial score (nSPS) is 13.7. The number of benzene rings is 3. The second-order valence-corrected chi connectivity index (χ2v) is 17.5. The summed E-state index contributed by atoms with van der Waals surface area (Å²) in [7, 11) is -4.00. The summed E-state index contributed by atoms with van der Waals surface area (Å²) in [6.45, 7) is 7.56. The Morgan fingerprint density at radius 2 is 1.36 bits per heavy atom.